The third-order valence-corrected chi connectivity index (χ3v) is 8.99. The van der Waals surface area contributed by atoms with Crippen molar-refractivity contribution in [3.8, 4) is 0 Å². The summed E-state index contributed by atoms with van der Waals surface area (Å²) in [5, 5.41) is 9.48. The lowest BCUT2D eigenvalue weighted by Crippen LogP contribution is -2.52. The van der Waals surface area contributed by atoms with Gasteiger partial charge in [0.15, 0.2) is 0 Å². The van der Waals surface area contributed by atoms with Gasteiger partial charge < -0.3 is 9.88 Å². The predicted molar refractivity (Wildman–Crippen MR) is 158 cm³/mol. The van der Waals surface area contributed by atoms with Crippen LogP contribution in [-0.2, 0) is 17.5 Å². The molecule has 0 bridgehead atoms. The number of benzene rings is 4. The highest BCUT2D eigenvalue weighted by Gasteiger charge is 2.52. The Morgan fingerprint density at radius 2 is 1.32 bits per heavy atom. The third-order valence-electron chi connectivity index (χ3n) is 8.99. The van der Waals surface area contributed by atoms with Gasteiger partial charge in [0, 0.05) is 18.9 Å². The van der Waals surface area contributed by atoms with Crippen LogP contribution < -0.4 is 5.23 Å². The number of unbranched alkanes of at least 4 members (excludes halogenated alkanes) is 1. The summed E-state index contributed by atoms with van der Waals surface area (Å²) in [5.41, 5.74) is 2.56. The largest absolute Gasteiger partial charge is 0.414 e. The van der Waals surface area contributed by atoms with Crippen LogP contribution in [-0.4, -0.2) is 18.7 Å². The van der Waals surface area contributed by atoms with Gasteiger partial charge in [0.25, 0.3) is 0 Å². The standard InChI is InChI=1S/C34H40BNO/c1-2-3-23-35-36-33(28-15-5-4-6-16-28)34(37-35,24-29-19-11-17-26-13-7-9-21-31(26)29)25-30-20-12-18-27-14-8-10-22-32(27)30/h7-14,17-22,28,33,36H,2-6,15-16,23-25H2,1H3. The predicted octanol–water partition coefficient (Wildman–Crippen LogP) is 8.37. The van der Waals surface area contributed by atoms with E-state index in [0.29, 0.717) is 12.0 Å². The molecule has 0 amide bonds. The minimum absolute atomic E-state index is 0.136. The van der Waals surface area contributed by atoms with Crippen LogP contribution in [0.3, 0.4) is 0 Å². The molecule has 1 saturated heterocycles. The van der Waals surface area contributed by atoms with Gasteiger partial charge >= 0.3 is 7.05 Å². The lowest BCUT2D eigenvalue weighted by atomic mass is 9.71. The lowest BCUT2D eigenvalue weighted by molar-refractivity contribution is 0.0409. The second-order valence-corrected chi connectivity index (χ2v) is 11.5. The van der Waals surface area contributed by atoms with E-state index in [1.807, 2.05) is 0 Å². The number of hydrogen-bond donors (Lipinski definition) is 1. The molecule has 1 aliphatic carbocycles. The van der Waals surface area contributed by atoms with Gasteiger partial charge in [0.2, 0.25) is 0 Å². The van der Waals surface area contributed by atoms with Gasteiger partial charge in [-0.15, -0.1) is 0 Å². The van der Waals surface area contributed by atoms with Crippen molar-refractivity contribution in [2.45, 2.75) is 82.7 Å². The fourth-order valence-corrected chi connectivity index (χ4v) is 7.21. The third kappa shape index (κ3) is 5.09. The molecule has 190 valence electrons. The first-order valence-electron chi connectivity index (χ1n) is 14.6. The van der Waals surface area contributed by atoms with Crippen LogP contribution in [0.15, 0.2) is 84.9 Å². The second kappa shape index (κ2) is 11.0. The van der Waals surface area contributed by atoms with E-state index in [9.17, 15) is 0 Å². The van der Waals surface area contributed by atoms with Crippen LogP contribution in [0.1, 0.15) is 63.0 Å². The highest BCUT2D eigenvalue weighted by atomic mass is 16.5. The molecule has 0 aromatic heterocycles. The Morgan fingerprint density at radius 1 is 0.757 bits per heavy atom. The van der Waals surface area contributed by atoms with Gasteiger partial charge in [0.1, 0.15) is 0 Å². The van der Waals surface area contributed by atoms with Crippen molar-refractivity contribution >= 4 is 28.6 Å². The Morgan fingerprint density at radius 3 is 1.92 bits per heavy atom. The van der Waals surface area contributed by atoms with Gasteiger partial charge in [-0.25, -0.2) is 0 Å². The molecule has 1 atom stereocenters. The molecule has 37 heavy (non-hydrogen) atoms. The first-order chi connectivity index (χ1) is 18.3. The van der Waals surface area contributed by atoms with Crippen molar-refractivity contribution < 1.29 is 4.65 Å². The summed E-state index contributed by atoms with van der Waals surface area (Å²) in [6, 6.07) is 31.7. The van der Waals surface area contributed by atoms with E-state index in [1.54, 1.807) is 0 Å². The van der Waals surface area contributed by atoms with Crippen LogP contribution in [0.2, 0.25) is 6.32 Å². The Kier molecular flexibility index (Phi) is 7.35. The summed E-state index contributed by atoms with van der Waals surface area (Å²) in [7, 11) is 0.136. The molecule has 1 saturated carbocycles. The van der Waals surface area contributed by atoms with Gasteiger partial charge in [-0.1, -0.05) is 124 Å². The minimum Gasteiger partial charge on any atom is -0.414 e. The topological polar surface area (TPSA) is 21.3 Å². The van der Waals surface area contributed by atoms with Crippen LogP contribution in [0.4, 0.5) is 0 Å². The average Bonchev–Trinajstić information content (AvgIpc) is 3.30. The normalized spacial score (nSPS) is 20.1. The fourth-order valence-electron chi connectivity index (χ4n) is 7.21. The summed E-state index contributed by atoms with van der Waals surface area (Å²) < 4.78 is 7.31. The Bertz CT molecular complexity index is 1250. The monoisotopic (exact) mass is 489 g/mol. The van der Waals surface area contributed by atoms with E-state index in [0.717, 1.165) is 19.2 Å². The molecule has 1 N–H and O–H groups in total. The van der Waals surface area contributed by atoms with Crippen molar-refractivity contribution in [2.24, 2.45) is 5.92 Å². The van der Waals surface area contributed by atoms with Crippen molar-refractivity contribution in [1.82, 2.24) is 5.23 Å². The summed E-state index contributed by atoms with van der Waals surface area (Å²) in [5.74, 6) is 0.672. The summed E-state index contributed by atoms with van der Waals surface area (Å²) in [4.78, 5) is 0. The smallest absolute Gasteiger partial charge is 0.380 e. The van der Waals surface area contributed by atoms with E-state index >= 15 is 0 Å². The zero-order valence-corrected chi connectivity index (χ0v) is 22.3. The van der Waals surface area contributed by atoms with E-state index in [1.165, 1.54) is 77.6 Å². The first-order valence-corrected chi connectivity index (χ1v) is 14.6. The maximum Gasteiger partial charge on any atom is 0.380 e. The van der Waals surface area contributed by atoms with E-state index in [-0.39, 0.29) is 12.7 Å². The molecule has 2 nitrogen and oxygen atoms in total. The highest BCUT2D eigenvalue weighted by molar-refractivity contribution is 6.50. The molecule has 1 unspecified atom stereocenters. The van der Waals surface area contributed by atoms with Crippen LogP contribution in [0.25, 0.3) is 21.5 Å². The molecular formula is C34H40BNO. The quantitative estimate of drug-likeness (QED) is 0.251. The molecule has 2 aliphatic rings. The Balaban J connectivity index is 1.46. The molecule has 1 aliphatic heterocycles. The second-order valence-electron chi connectivity index (χ2n) is 11.5. The van der Waals surface area contributed by atoms with E-state index in [2.05, 4.69) is 97.1 Å². The van der Waals surface area contributed by atoms with Crippen LogP contribution in [0.5, 0.6) is 0 Å². The Labute approximate surface area is 222 Å². The average molecular weight is 490 g/mol. The molecule has 4 aromatic carbocycles. The van der Waals surface area contributed by atoms with E-state index < -0.39 is 0 Å². The van der Waals surface area contributed by atoms with Crippen molar-refractivity contribution in [2.75, 3.05) is 0 Å². The zero-order chi connectivity index (χ0) is 25.1. The molecule has 6 rings (SSSR count). The van der Waals surface area contributed by atoms with Gasteiger partial charge in [-0.2, -0.15) is 0 Å². The number of fused-ring (bicyclic) bond motifs is 2. The van der Waals surface area contributed by atoms with Gasteiger partial charge in [-0.3, -0.25) is 0 Å². The molecule has 3 heteroatoms. The lowest BCUT2D eigenvalue weighted by Gasteiger charge is -2.41. The summed E-state index contributed by atoms with van der Waals surface area (Å²) >= 11 is 0. The molecule has 4 aromatic rings. The van der Waals surface area contributed by atoms with Crippen LogP contribution in [0, 0.1) is 5.92 Å². The van der Waals surface area contributed by atoms with Crippen LogP contribution >= 0.6 is 0 Å². The SMILES string of the molecule is CCCCB1NC(C2CCCCC2)C(Cc2cccc3ccccc23)(Cc2cccc3ccccc23)O1. The molecule has 2 fully saturated rings. The van der Waals surface area contributed by atoms with E-state index in [4.69, 9.17) is 4.65 Å². The Hall–Kier alpha value is -2.62. The highest BCUT2D eigenvalue weighted by Crippen LogP contribution is 2.42. The van der Waals surface area contributed by atoms with Crippen molar-refractivity contribution in [1.29, 1.82) is 0 Å². The van der Waals surface area contributed by atoms with Crippen molar-refractivity contribution in [3.63, 3.8) is 0 Å². The molecule has 0 spiro atoms. The van der Waals surface area contributed by atoms with Gasteiger partial charge in [-0.05, 0) is 57.8 Å². The van der Waals surface area contributed by atoms with Gasteiger partial charge in [0.05, 0.1) is 5.60 Å². The summed E-state index contributed by atoms with van der Waals surface area (Å²) in [6.45, 7) is 2.28. The number of nitrogens with one attached hydrogen (secondary N) is 1. The maximum absolute atomic E-state index is 7.31. The zero-order valence-electron chi connectivity index (χ0n) is 22.3. The number of hydrogen-bond acceptors (Lipinski definition) is 2. The fraction of sp³-hybridized carbons (Fsp3) is 0.412. The molecule has 0 radical (unpaired) electrons. The first kappa shape index (κ1) is 24.7. The molecule has 1 heterocycles. The summed E-state index contributed by atoms with van der Waals surface area (Å²) in [6.07, 6.45) is 12.1. The minimum atomic E-state index is -0.269. The maximum atomic E-state index is 7.31. The number of rotatable bonds is 8. The van der Waals surface area contributed by atoms with Crippen molar-refractivity contribution in [3.05, 3.63) is 96.1 Å². The molecular weight excluding hydrogens is 449 g/mol.